The summed E-state index contributed by atoms with van der Waals surface area (Å²) in [5.74, 6) is -0.960. The van der Waals surface area contributed by atoms with Gasteiger partial charge in [0.25, 0.3) is 0 Å². The number of carboxylic acids is 1. The lowest BCUT2D eigenvalue weighted by molar-refractivity contribution is -0.149. The summed E-state index contributed by atoms with van der Waals surface area (Å²) >= 11 is 0. The number of benzene rings is 1. The summed E-state index contributed by atoms with van der Waals surface area (Å²) in [6, 6.07) is 9.60. The molecule has 2 rings (SSSR count). The number of hydrogen-bond acceptors (Lipinski definition) is 3. The number of nitrogens with zero attached hydrogens (tertiary/aromatic N) is 1. The molecule has 0 aliphatic heterocycles. The maximum absolute atomic E-state index is 10.6. The molecule has 1 aromatic heterocycles. The monoisotopic (exact) mass is 231 g/mol. The van der Waals surface area contributed by atoms with Crippen molar-refractivity contribution in [3.63, 3.8) is 0 Å². The van der Waals surface area contributed by atoms with E-state index in [1.807, 2.05) is 30.3 Å². The normalized spacial score (nSPS) is 12.5. The quantitative estimate of drug-likeness (QED) is 0.876. The molecule has 0 fully saturated rings. The third-order valence-corrected chi connectivity index (χ3v) is 2.55. The smallest absolute Gasteiger partial charge is 0.332 e. The molecule has 0 amide bonds. The van der Waals surface area contributed by atoms with Crippen molar-refractivity contribution >= 4 is 16.9 Å². The van der Waals surface area contributed by atoms with E-state index in [2.05, 4.69) is 4.98 Å². The fraction of sp³-hybridized carbons (Fsp3) is 0.231. The third-order valence-electron chi connectivity index (χ3n) is 2.55. The van der Waals surface area contributed by atoms with Crippen molar-refractivity contribution in [1.82, 2.24) is 4.98 Å². The van der Waals surface area contributed by atoms with Crippen molar-refractivity contribution < 1.29 is 14.6 Å². The summed E-state index contributed by atoms with van der Waals surface area (Å²) in [5.41, 5.74) is 1.75. The predicted octanol–water partition coefficient (Wildman–Crippen LogP) is 2.22. The van der Waals surface area contributed by atoms with Crippen molar-refractivity contribution in [1.29, 1.82) is 0 Å². The molecule has 1 N–H and O–H groups in total. The Bertz CT molecular complexity index is 534. The molecule has 1 aromatic carbocycles. The molecular formula is C13H13NO3. The Kier molecular flexibility index (Phi) is 3.35. The highest BCUT2D eigenvalue weighted by Crippen LogP contribution is 2.17. The van der Waals surface area contributed by atoms with E-state index in [9.17, 15) is 4.79 Å². The molecule has 1 heterocycles. The van der Waals surface area contributed by atoms with Crippen LogP contribution in [-0.2, 0) is 16.1 Å². The summed E-state index contributed by atoms with van der Waals surface area (Å²) in [6.07, 6.45) is 0.904. The maximum Gasteiger partial charge on any atom is 0.332 e. The number of carbonyl (C=O) groups is 1. The number of fused-ring (bicyclic) bond motifs is 1. The van der Waals surface area contributed by atoms with Crippen molar-refractivity contribution in [2.45, 2.75) is 19.6 Å². The molecule has 2 aromatic rings. The highest BCUT2D eigenvalue weighted by Gasteiger charge is 2.11. The van der Waals surface area contributed by atoms with Crippen LogP contribution >= 0.6 is 0 Å². The second-order valence-electron chi connectivity index (χ2n) is 3.78. The van der Waals surface area contributed by atoms with Crippen LogP contribution in [0.2, 0.25) is 0 Å². The first-order chi connectivity index (χ1) is 8.18. The lowest BCUT2D eigenvalue weighted by Gasteiger charge is -2.09. The lowest BCUT2D eigenvalue weighted by atomic mass is 10.1. The highest BCUT2D eigenvalue weighted by atomic mass is 16.5. The van der Waals surface area contributed by atoms with Crippen LogP contribution in [-0.4, -0.2) is 22.2 Å². The van der Waals surface area contributed by atoms with Crippen molar-refractivity contribution in [2.24, 2.45) is 0 Å². The number of pyridine rings is 1. The van der Waals surface area contributed by atoms with Gasteiger partial charge in [-0.05, 0) is 13.0 Å². The van der Waals surface area contributed by atoms with Crippen LogP contribution in [0, 0.1) is 0 Å². The second kappa shape index (κ2) is 4.93. The minimum Gasteiger partial charge on any atom is -0.479 e. The molecule has 1 atom stereocenters. The number of carboxylic acid groups (broad SMARTS) is 1. The van der Waals surface area contributed by atoms with Gasteiger partial charge >= 0.3 is 5.97 Å². The number of aromatic nitrogens is 1. The fourth-order valence-electron chi connectivity index (χ4n) is 1.57. The second-order valence-corrected chi connectivity index (χ2v) is 3.78. The van der Waals surface area contributed by atoms with Gasteiger partial charge in [-0.25, -0.2) is 4.79 Å². The number of hydrogen-bond donors (Lipinski definition) is 1. The average Bonchev–Trinajstić information content (AvgIpc) is 2.35. The van der Waals surface area contributed by atoms with Crippen LogP contribution < -0.4 is 0 Å². The highest BCUT2D eigenvalue weighted by molar-refractivity contribution is 5.81. The summed E-state index contributed by atoms with van der Waals surface area (Å²) in [6.45, 7) is 1.77. The molecule has 0 saturated heterocycles. The minimum atomic E-state index is -0.960. The first-order valence-corrected chi connectivity index (χ1v) is 5.35. The summed E-state index contributed by atoms with van der Waals surface area (Å²) in [5, 5.41) is 9.76. The molecule has 0 aliphatic carbocycles. The zero-order valence-corrected chi connectivity index (χ0v) is 9.46. The lowest BCUT2D eigenvalue weighted by Crippen LogP contribution is -2.19. The third kappa shape index (κ3) is 2.60. The number of ether oxygens (including phenoxy) is 1. The Labute approximate surface area is 98.9 Å². The van der Waals surface area contributed by atoms with Gasteiger partial charge in [-0.2, -0.15) is 0 Å². The zero-order chi connectivity index (χ0) is 12.3. The van der Waals surface area contributed by atoms with Crippen LogP contribution in [0.4, 0.5) is 0 Å². The Balaban J connectivity index is 2.21. The van der Waals surface area contributed by atoms with Crippen molar-refractivity contribution in [3.8, 4) is 0 Å². The van der Waals surface area contributed by atoms with E-state index in [-0.39, 0.29) is 6.61 Å². The van der Waals surface area contributed by atoms with Gasteiger partial charge in [0.2, 0.25) is 0 Å². The van der Waals surface area contributed by atoms with E-state index >= 15 is 0 Å². The van der Waals surface area contributed by atoms with E-state index in [0.717, 1.165) is 16.5 Å². The van der Waals surface area contributed by atoms with E-state index in [4.69, 9.17) is 9.84 Å². The first-order valence-electron chi connectivity index (χ1n) is 5.35. The number of para-hydroxylation sites is 1. The van der Waals surface area contributed by atoms with Gasteiger partial charge in [0.15, 0.2) is 6.10 Å². The van der Waals surface area contributed by atoms with Gasteiger partial charge in [-0.3, -0.25) is 4.98 Å². The largest absolute Gasteiger partial charge is 0.479 e. The standard InChI is InChI=1S/C13H13NO3/c1-9(13(15)16)17-8-11-5-2-4-10-6-3-7-14-12(10)11/h2-7,9H,8H2,1H3,(H,15,16)/t9-/m1/s1. The average molecular weight is 231 g/mol. The Hall–Kier alpha value is -1.94. The zero-order valence-electron chi connectivity index (χ0n) is 9.46. The number of aliphatic carboxylic acids is 1. The van der Waals surface area contributed by atoms with E-state index < -0.39 is 12.1 Å². The van der Waals surface area contributed by atoms with Crippen LogP contribution in [0.3, 0.4) is 0 Å². The summed E-state index contributed by atoms with van der Waals surface area (Å²) in [4.78, 5) is 14.9. The number of rotatable bonds is 4. The molecule has 0 radical (unpaired) electrons. The van der Waals surface area contributed by atoms with Gasteiger partial charge in [0.1, 0.15) is 0 Å². The van der Waals surface area contributed by atoms with Gasteiger partial charge < -0.3 is 9.84 Å². The molecule has 0 bridgehead atoms. The fourth-order valence-corrected chi connectivity index (χ4v) is 1.57. The molecule has 0 aliphatic rings. The molecule has 4 nitrogen and oxygen atoms in total. The van der Waals surface area contributed by atoms with E-state index in [1.54, 1.807) is 6.20 Å². The SMILES string of the molecule is C[C@@H](OCc1cccc2cccnc12)C(=O)O. The van der Waals surface area contributed by atoms with Crippen LogP contribution in [0.5, 0.6) is 0 Å². The van der Waals surface area contributed by atoms with Crippen molar-refractivity contribution in [2.75, 3.05) is 0 Å². The van der Waals surface area contributed by atoms with Crippen LogP contribution in [0.15, 0.2) is 36.5 Å². The predicted molar refractivity (Wildman–Crippen MR) is 63.6 cm³/mol. The molecule has 0 unspecified atom stereocenters. The maximum atomic E-state index is 10.6. The van der Waals surface area contributed by atoms with Gasteiger partial charge in [0, 0.05) is 17.1 Å². The minimum absolute atomic E-state index is 0.252. The Morgan fingerprint density at radius 3 is 2.94 bits per heavy atom. The first kappa shape index (κ1) is 11.5. The van der Waals surface area contributed by atoms with Gasteiger partial charge in [0.05, 0.1) is 12.1 Å². The Morgan fingerprint density at radius 2 is 2.18 bits per heavy atom. The van der Waals surface area contributed by atoms with E-state index in [0.29, 0.717) is 0 Å². The summed E-state index contributed by atoms with van der Waals surface area (Å²) in [7, 11) is 0. The molecular weight excluding hydrogens is 218 g/mol. The molecule has 88 valence electrons. The molecule has 0 spiro atoms. The molecule has 0 saturated carbocycles. The molecule has 17 heavy (non-hydrogen) atoms. The topological polar surface area (TPSA) is 59.4 Å². The van der Waals surface area contributed by atoms with Gasteiger partial charge in [-0.1, -0.05) is 24.3 Å². The summed E-state index contributed by atoms with van der Waals surface area (Å²) < 4.78 is 5.26. The van der Waals surface area contributed by atoms with Crippen LogP contribution in [0.1, 0.15) is 12.5 Å². The Morgan fingerprint density at radius 1 is 1.41 bits per heavy atom. The van der Waals surface area contributed by atoms with Gasteiger partial charge in [-0.15, -0.1) is 0 Å². The molecule has 4 heteroatoms. The van der Waals surface area contributed by atoms with Crippen LogP contribution in [0.25, 0.3) is 10.9 Å². The van der Waals surface area contributed by atoms with E-state index in [1.165, 1.54) is 6.92 Å². The van der Waals surface area contributed by atoms with Crippen molar-refractivity contribution in [3.05, 3.63) is 42.1 Å².